The third-order valence-corrected chi connectivity index (χ3v) is 4.63. The zero-order valence-electron chi connectivity index (χ0n) is 14.6. The lowest BCUT2D eigenvalue weighted by Crippen LogP contribution is -2.28. The summed E-state index contributed by atoms with van der Waals surface area (Å²) in [6.45, 7) is 3.55. The number of hydrogen-bond donors (Lipinski definition) is 1. The highest BCUT2D eigenvalue weighted by atomic mass is 32.1. The highest BCUT2D eigenvalue weighted by Gasteiger charge is 2.14. The molecule has 0 aliphatic rings. The molecule has 0 atom stereocenters. The van der Waals surface area contributed by atoms with Crippen LogP contribution in [0.4, 0.5) is 5.13 Å². The number of amides is 1. The fraction of sp³-hybridized carbons (Fsp3) is 0.167. The van der Waals surface area contributed by atoms with Gasteiger partial charge in [-0.15, -0.1) is 0 Å². The molecule has 3 aromatic heterocycles. The number of nitrogens with one attached hydrogen (secondary N) is 1. The molecule has 1 amide bonds. The van der Waals surface area contributed by atoms with E-state index in [1.807, 2.05) is 26.0 Å². The number of benzene rings is 1. The van der Waals surface area contributed by atoms with Gasteiger partial charge in [-0.25, -0.2) is 4.98 Å². The zero-order valence-corrected chi connectivity index (χ0v) is 15.4. The minimum absolute atomic E-state index is 0.162. The Bertz CT molecular complexity index is 1210. The van der Waals surface area contributed by atoms with E-state index in [1.54, 1.807) is 18.2 Å². The van der Waals surface area contributed by atoms with Crippen molar-refractivity contribution in [2.24, 2.45) is 0 Å². The summed E-state index contributed by atoms with van der Waals surface area (Å²) < 4.78 is 10.9. The molecule has 1 aromatic carbocycles. The molecule has 0 aliphatic heterocycles. The van der Waals surface area contributed by atoms with Crippen LogP contribution in [0.5, 0.6) is 0 Å². The zero-order chi connectivity index (χ0) is 19.0. The van der Waals surface area contributed by atoms with Crippen LogP contribution >= 0.6 is 11.5 Å². The summed E-state index contributed by atoms with van der Waals surface area (Å²) in [7, 11) is 0. The SMILES string of the molecule is Cc1ccc(-c2nsc(NC(=O)Cn3cnc4c(C)cccc4c3=O)n2)o1. The second-order valence-corrected chi connectivity index (χ2v) is 6.78. The van der Waals surface area contributed by atoms with Crippen LogP contribution in [0.25, 0.3) is 22.5 Å². The topological polar surface area (TPSA) is 103 Å². The summed E-state index contributed by atoms with van der Waals surface area (Å²) in [5.41, 5.74) is 1.29. The monoisotopic (exact) mass is 381 g/mol. The van der Waals surface area contributed by atoms with Crippen molar-refractivity contribution < 1.29 is 9.21 Å². The van der Waals surface area contributed by atoms with Crippen LogP contribution in [0.1, 0.15) is 11.3 Å². The van der Waals surface area contributed by atoms with Crippen molar-refractivity contribution in [3.63, 3.8) is 0 Å². The first-order valence-electron chi connectivity index (χ1n) is 8.16. The van der Waals surface area contributed by atoms with E-state index in [0.717, 1.165) is 22.9 Å². The van der Waals surface area contributed by atoms with Crippen LogP contribution in [-0.2, 0) is 11.3 Å². The van der Waals surface area contributed by atoms with Crippen molar-refractivity contribution in [3.05, 3.63) is 58.3 Å². The molecule has 0 unspecified atom stereocenters. The Balaban J connectivity index is 1.52. The maximum absolute atomic E-state index is 12.6. The molecule has 4 aromatic rings. The van der Waals surface area contributed by atoms with Gasteiger partial charge in [0.1, 0.15) is 12.3 Å². The first kappa shape index (κ1) is 17.1. The average molecular weight is 381 g/mol. The number of hydrogen-bond acceptors (Lipinski definition) is 7. The van der Waals surface area contributed by atoms with E-state index in [0.29, 0.717) is 27.6 Å². The van der Waals surface area contributed by atoms with Crippen molar-refractivity contribution in [1.29, 1.82) is 0 Å². The molecule has 0 saturated heterocycles. The Hall–Kier alpha value is -3.33. The minimum Gasteiger partial charge on any atom is -0.458 e. The van der Waals surface area contributed by atoms with Crippen molar-refractivity contribution in [2.75, 3.05) is 5.32 Å². The molecule has 0 aliphatic carbocycles. The standard InChI is InChI=1S/C18H15N5O3S/c1-10-4-3-5-12-15(10)19-9-23(17(12)25)8-14(24)20-18-21-16(22-27-18)13-7-6-11(2)26-13/h3-7,9H,8H2,1-2H3,(H,20,21,22,24). The maximum Gasteiger partial charge on any atom is 0.261 e. The van der Waals surface area contributed by atoms with E-state index >= 15 is 0 Å². The van der Waals surface area contributed by atoms with Crippen LogP contribution < -0.4 is 10.9 Å². The fourth-order valence-corrected chi connectivity index (χ4v) is 3.28. The fourth-order valence-electron chi connectivity index (χ4n) is 2.69. The molecule has 27 heavy (non-hydrogen) atoms. The Kier molecular flexibility index (Phi) is 4.28. The predicted octanol–water partition coefficient (Wildman–Crippen LogP) is 2.76. The number of aryl methyl sites for hydroxylation is 2. The van der Waals surface area contributed by atoms with Crippen LogP contribution in [0.2, 0.25) is 0 Å². The number of furan rings is 1. The van der Waals surface area contributed by atoms with Crippen molar-refractivity contribution in [2.45, 2.75) is 20.4 Å². The highest BCUT2D eigenvalue weighted by molar-refractivity contribution is 7.10. The first-order valence-corrected chi connectivity index (χ1v) is 8.94. The van der Waals surface area contributed by atoms with Crippen LogP contribution in [0, 0.1) is 13.8 Å². The Morgan fingerprint density at radius 1 is 1.26 bits per heavy atom. The predicted molar refractivity (Wildman–Crippen MR) is 102 cm³/mol. The van der Waals surface area contributed by atoms with Crippen molar-refractivity contribution in [3.8, 4) is 11.6 Å². The first-order chi connectivity index (χ1) is 13.0. The van der Waals surface area contributed by atoms with Gasteiger partial charge in [-0.2, -0.15) is 9.36 Å². The number of rotatable bonds is 4. The minimum atomic E-state index is -0.385. The molecular formula is C18H15N5O3S. The highest BCUT2D eigenvalue weighted by Crippen LogP contribution is 2.22. The molecule has 0 bridgehead atoms. The van der Waals surface area contributed by atoms with E-state index in [2.05, 4.69) is 19.7 Å². The quantitative estimate of drug-likeness (QED) is 0.583. The molecule has 8 nitrogen and oxygen atoms in total. The molecule has 0 saturated carbocycles. The van der Waals surface area contributed by atoms with Gasteiger partial charge in [0.15, 0.2) is 5.76 Å². The molecule has 9 heteroatoms. The lowest BCUT2D eigenvalue weighted by atomic mass is 10.1. The van der Waals surface area contributed by atoms with E-state index in [9.17, 15) is 9.59 Å². The van der Waals surface area contributed by atoms with Crippen molar-refractivity contribution >= 4 is 33.5 Å². The van der Waals surface area contributed by atoms with E-state index < -0.39 is 0 Å². The largest absolute Gasteiger partial charge is 0.458 e. The van der Waals surface area contributed by atoms with E-state index in [1.165, 1.54) is 10.9 Å². The van der Waals surface area contributed by atoms with Gasteiger partial charge in [0.25, 0.3) is 5.56 Å². The van der Waals surface area contributed by atoms with Crippen LogP contribution in [0.3, 0.4) is 0 Å². The normalized spacial score (nSPS) is 11.0. The van der Waals surface area contributed by atoms with Gasteiger partial charge in [-0.3, -0.25) is 19.5 Å². The number of aromatic nitrogens is 4. The van der Waals surface area contributed by atoms with Gasteiger partial charge in [-0.1, -0.05) is 12.1 Å². The summed E-state index contributed by atoms with van der Waals surface area (Å²) in [4.78, 5) is 33.4. The summed E-state index contributed by atoms with van der Waals surface area (Å²) >= 11 is 1.05. The van der Waals surface area contributed by atoms with Crippen LogP contribution in [-0.4, -0.2) is 24.8 Å². The van der Waals surface area contributed by atoms with Gasteiger partial charge in [0.2, 0.25) is 16.9 Å². The van der Waals surface area contributed by atoms with Gasteiger partial charge in [-0.05, 0) is 37.6 Å². The molecule has 3 heterocycles. The lowest BCUT2D eigenvalue weighted by Gasteiger charge is -2.07. The van der Waals surface area contributed by atoms with Crippen LogP contribution in [0.15, 0.2) is 45.9 Å². The second-order valence-electron chi connectivity index (χ2n) is 6.03. The average Bonchev–Trinajstić information content (AvgIpc) is 3.27. The molecule has 136 valence electrons. The number of nitrogens with zero attached hydrogens (tertiary/aromatic N) is 4. The Morgan fingerprint density at radius 3 is 2.89 bits per heavy atom. The number of para-hydroxylation sites is 1. The summed E-state index contributed by atoms with van der Waals surface area (Å²) in [6.07, 6.45) is 1.38. The van der Waals surface area contributed by atoms with Gasteiger partial charge >= 0.3 is 0 Å². The summed E-state index contributed by atoms with van der Waals surface area (Å²) in [5.74, 6) is 1.31. The Morgan fingerprint density at radius 2 is 2.11 bits per heavy atom. The number of carbonyl (C=O) groups excluding carboxylic acids is 1. The lowest BCUT2D eigenvalue weighted by molar-refractivity contribution is -0.116. The smallest absolute Gasteiger partial charge is 0.261 e. The number of anilines is 1. The molecule has 4 rings (SSSR count). The van der Waals surface area contributed by atoms with Crippen molar-refractivity contribution in [1.82, 2.24) is 18.9 Å². The number of carbonyl (C=O) groups is 1. The maximum atomic E-state index is 12.6. The second kappa shape index (κ2) is 6.76. The molecular weight excluding hydrogens is 366 g/mol. The molecule has 0 radical (unpaired) electrons. The third kappa shape index (κ3) is 3.36. The molecule has 0 spiro atoms. The van der Waals surface area contributed by atoms with Gasteiger partial charge in [0.05, 0.1) is 17.2 Å². The molecule has 0 fully saturated rings. The van der Waals surface area contributed by atoms with E-state index in [-0.39, 0.29) is 18.0 Å². The van der Waals surface area contributed by atoms with Gasteiger partial charge in [0, 0.05) is 11.5 Å². The third-order valence-electron chi connectivity index (χ3n) is 4.00. The Labute approximate surface area is 157 Å². The summed E-state index contributed by atoms with van der Waals surface area (Å²) in [5, 5.41) is 3.47. The number of fused-ring (bicyclic) bond motifs is 1. The summed E-state index contributed by atoms with van der Waals surface area (Å²) in [6, 6.07) is 8.97. The van der Waals surface area contributed by atoms with E-state index in [4.69, 9.17) is 4.42 Å². The molecule has 1 N–H and O–H groups in total. The van der Waals surface area contributed by atoms with Gasteiger partial charge < -0.3 is 4.42 Å².